The Balaban J connectivity index is 2.21. The number of halogens is 1. The fourth-order valence-corrected chi connectivity index (χ4v) is 2.01. The Kier molecular flexibility index (Phi) is 4.29. The molecule has 1 aromatic heterocycles. The number of hydrogen-bond acceptors (Lipinski definition) is 3. The monoisotopic (exact) mass is 292 g/mol. The molecular weight excluding hydrogens is 276 g/mol. The molecular formula is C14H17ClN4O. The molecule has 0 aliphatic rings. The van der Waals surface area contributed by atoms with Gasteiger partial charge in [0.25, 0.3) is 5.91 Å². The molecule has 0 spiro atoms. The number of anilines is 1. The van der Waals surface area contributed by atoms with Crippen LogP contribution in [0, 0.1) is 6.92 Å². The van der Waals surface area contributed by atoms with Gasteiger partial charge in [0.2, 0.25) is 0 Å². The Morgan fingerprint density at radius 3 is 2.80 bits per heavy atom. The number of benzene rings is 1. The van der Waals surface area contributed by atoms with Gasteiger partial charge in [-0.25, -0.2) is 4.98 Å². The Morgan fingerprint density at radius 1 is 1.45 bits per heavy atom. The van der Waals surface area contributed by atoms with Crippen LogP contribution in [0.25, 0.3) is 0 Å². The largest absolute Gasteiger partial charge is 0.379 e. The quantitative estimate of drug-likeness (QED) is 0.911. The summed E-state index contributed by atoms with van der Waals surface area (Å²) < 4.78 is 0. The van der Waals surface area contributed by atoms with Crippen molar-refractivity contribution in [1.82, 2.24) is 14.9 Å². The summed E-state index contributed by atoms with van der Waals surface area (Å²) in [5.74, 6) is 0.794. The van der Waals surface area contributed by atoms with E-state index in [4.69, 9.17) is 11.6 Å². The van der Waals surface area contributed by atoms with E-state index in [1.54, 1.807) is 38.5 Å². The number of nitrogens with zero attached hydrogens (tertiary/aromatic N) is 2. The van der Waals surface area contributed by atoms with Crippen molar-refractivity contribution >= 4 is 23.2 Å². The third-order valence-corrected chi connectivity index (χ3v) is 3.08. The lowest BCUT2D eigenvalue weighted by Crippen LogP contribution is -2.23. The number of nitrogens with one attached hydrogen (secondary N) is 2. The molecule has 2 aromatic rings. The maximum absolute atomic E-state index is 12.1. The third kappa shape index (κ3) is 3.30. The highest BCUT2D eigenvalue weighted by Crippen LogP contribution is 2.22. The maximum Gasteiger partial charge on any atom is 0.255 e. The molecule has 1 aromatic carbocycles. The minimum Gasteiger partial charge on any atom is -0.379 e. The van der Waals surface area contributed by atoms with Crippen molar-refractivity contribution in [3.05, 3.63) is 46.5 Å². The van der Waals surface area contributed by atoms with Gasteiger partial charge in [0.05, 0.1) is 24.0 Å². The van der Waals surface area contributed by atoms with Crippen LogP contribution in [0.15, 0.2) is 24.4 Å². The number of carbonyl (C=O) groups is 1. The number of hydrogen-bond donors (Lipinski definition) is 2. The van der Waals surface area contributed by atoms with E-state index in [9.17, 15) is 4.79 Å². The van der Waals surface area contributed by atoms with Gasteiger partial charge in [-0.3, -0.25) is 4.79 Å². The van der Waals surface area contributed by atoms with Crippen molar-refractivity contribution < 1.29 is 4.79 Å². The van der Waals surface area contributed by atoms with E-state index in [1.165, 1.54) is 4.90 Å². The highest BCUT2D eigenvalue weighted by molar-refractivity contribution is 6.31. The van der Waals surface area contributed by atoms with Gasteiger partial charge in [-0.15, -0.1) is 0 Å². The molecule has 20 heavy (non-hydrogen) atoms. The molecule has 0 bridgehead atoms. The highest BCUT2D eigenvalue weighted by atomic mass is 35.5. The summed E-state index contributed by atoms with van der Waals surface area (Å²) in [5, 5.41) is 3.80. The van der Waals surface area contributed by atoms with E-state index in [-0.39, 0.29) is 5.91 Å². The topological polar surface area (TPSA) is 61.0 Å². The van der Waals surface area contributed by atoms with E-state index in [0.717, 1.165) is 11.5 Å². The lowest BCUT2D eigenvalue weighted by atomic mass is 10.1. The average Bonchev–Trinajstić information content (AvgIpc) is 2.81. The molecule has 106 valence electrons. The lowest BCUT2D eigenvalue weighted by molar-refractivity contribution is 0.0828. The molecule has 1 heterocycles. The molecule has 2 rings (SSSR count). The summed E-state index contributed by atoms with van der Waals surface area (Å²) in [5.41, 5.74) is 2.25. The zero-order chi connectivity index (χ0) is 14.7. The summed E-state index contributed by atoms with van der Waals surface area (Å²) in [6.45, 7) is 2.44. The zero-order valence-electron chi connectivity index (χ0n) is 11.7. The van der Waals surface area contributed by atoms with Gasteiger partial charge in [-0.1, -0.05) is 11.6 Å². The first-order valence-electron chi connectivity index (χ1n) is 6.23. The zero-order valence-corrected chi connectivity index (χ0v) is 12.5. The number of aromatic amines is 1. The number of amides is 1. The Morgan fingerprint density at radius 2 is 2.20 bits per heavy atom. The molecule has 6 heteroatoms. The molecule has 0 fully saturated rings. The first kappa shape index (κ1) is 14.4. The molecule has 2 N–H and O–H groups in total. The maximum atomic E-state index is 12.1. The van der Waals surface area contributed by atoms with E-state index >= 15 is 0 Å². The minimum absolute atomic E-state index is 0.0649. The summed E-state index contributed by atoms with van der Waals surface area (Å²) in [4.78, 5) is 20.9. The first-order chi connectivity index (χ1) is 9.47. The van der Waals surface area contributed by atoms with Crippen LogP contribution < -0.4 is 5.32 Å². The molecule has 0 atom stereocenters. The summed E-state index contributed by atoms with van der Waals surface area (Å²) >= 11 is 6.00. The second-order valence-electron chi connectivity index (χ2n) is 4.74. The highest BCUT2D eigenvalue weighted by Gasteiger charge is 2.13. The lowest BCUT2D eigenvalue weighted by Gasteiger charge is -2.15. The van der Waals surface area contributed by atoms with Crippen LogP contribution in [-0.2, 0) is 6.54 Å². The normalized spacial score (nSPS) is 10.4. The molecule has 5 nitrogen and oxygen atoms in total. The number of imidazole rings is 1. The van der Waals surface area contributed by atoms with Crippen molar-refractivity contribution in [2.24, 2.45) is 0 Å². The standard InChI is InChI=1S/C14H17ClN4O/c1-9-16-7-11(18-9)8-17-13-6-10(15)4-5-12(13)14(20)19(2)3/h4-7,17H,8H2,1-3H3,(H,16,18). The predicted octanol–water partition coefficient (Wildman–Crippen LogP) is 2.69. The van der Waals surface area contributed by atoms with Crippen LogP contribution in [0.1, 0.15) is 21.9 Å². The minimum atomic E-state index is -0.0649. The third-order valence-electron chi connectivity index (χ3n) is 2.84. The molecule has 0 saturated carbocycles. The van der Waals surface area contributed by atoms with E-state index in [0.29, 0.717) is 22.8 Å². The van der Waals surface area contributed by atoms with E-state index < -0.39 is 0 Å². The number of rotatable bonds is 4. The van der Waals surface area contributed by atoms with E-state index in [2.05, 4.69) is 15.3 Å². The van der Waals surface area contributed by atoms with Gasteiger partial charge >= 0.3 is 0 Å². The molecule has 0 radical (unpaired) electrons. The predicted molar refractivity (Wildman–Crippen MR) is 80.1 cm³/mol. The van der Waals surface area contributed by atoms with Crippen molar-refractivity contribution in [1.29, 1.82) is 0 Å². The van der Waals surface area contributed by atoms with Crippen molar-refractivity contribution in [2.75, 3.05) is 19.4 Å². The molecule has 0 aliphatic heterocycles. The van der Waals surface area contributed by atoms with Gasteiger partial charge in [0.1, 0.15) is 5.82 Å². The van der Waals surface area contributed by atoms with Crippen LogP contribution in [0.2, 0.25) is 5.02 Å². The molecule has 0 saturated heterocycles. The molecule has 0 unspecified atom stereocenters. The Hall–Kier alpha value is -2.01. The first-order valence-corrected chi connectivity index (χ1v) is 6.60. The Labute approximate surface area is 123 Å². The second-order valence-corrected chi connectivity index (χ2v) is 5.17. The van der Waals surface area contributed by atoms with Gasteiger partial charge in [0.15, 0.2) is 0 Å². The SMILES string of the molecule is Cc1ncc(CNc2cc(Cl)ccc2C(=O)N(C)C)[nH]1. The van der Waals surface area contributed by atoms with Crippen LogP contribution in [0.5, 0.6) is 0 Å². The molecule has 1 amide bonds. The number of carbonyl (C=O) groups excluding carboxylic acids is 1. The van der Waals surface area contributed by atoms with Crippen LogP contribution >= 0.6 is 11.6 Å². The second kappa shape index (κ2) is 5.96. The number of H-pyrrole nitrogens is 1. The van der Waals surface area contributed by atoms with Gasteiger partial charge in [-0.2, -0.15) is 0 Å². The van der Waals surface area contributed by atoms with Crippen molar-refractivity contribution in [3.8, 4) is 0 Å². The smallest absolute Gasteiger partial charge is 0.255 e. The van der Waals surface area contributed by atoms with Crippen LogP contribution in [0.4, 0.5) is 5.69 Å². The van der Waals surface area contributed by atoms with Gasteiger partial charge in [-0.05, 0) is 25.1 Å². The fourth-order valence-electron chi connectivity index (χ4n) is 1.84. The van der Waals surface area contributed by atoms with E-state index in [1.807, 2.05) is 6.92 Å². The fraction of sp³-hybridized carbons (Fsp3) is 0.286. The van der Waals surface area contributed by atoms with Crippen molar-refractivity contribution in [3.63, 3.8) is 0 Å². The summed E-state index contributed by atoms with van der Waals surface area (Å²) in [7, 11) is 3.44. The van der Waals surface area contributed by atoms with Crippen LogP contribution in [0.3, 0.4) is 0 Å². The molecule has 0 aliphatic carbocycles. The summed E-state index contributed by atoms with van der Waals surface area (Å²) in [6.07, 6.45) is 1.76. The van der Waals surface area contributed by atoms with Gasteiger partial charge < -0.3 is 15.2 Å². The van der Waals surface area contributed by atoms with Crippen molar-refractivity contribution in [2.45, 2.75) is 13.5 Å². The average molecular weight is 293 g/mol. The number of aromatic nitrogens is 2. The van der Waals surface area contributed by atoms with Crippen LogP contribution in [-0.4, -0.2) is 34.9 Å². The van der Waals surface area contributed by atoms with Gasteiger partial charge in [0, 0.05) is 24.8 Å². The summed E-state index contributed by atoms with van der Waals surface area (Å²) in [6, 6.07) is 5.19. The number of aryl methyl sites for hydroxylation is 1. The Bertz CT molecular complexity index is 621.